The molecule has 1 atom stereocenters. The Kier molecular flexibility index (Phi) is 4.06. The number of hydrogen-bond donors (Lipinski definition) is 1. The zero-order valence-electron chi connectivity index (χ0n) is 12.8. The van der Waals surface area contributed by atoms with Crippen molar-refractivity contribution in [1.29, 1.82) is 0 Å². The Morgan fingerprint density at radius 3 is 3.14 bits per heavy atom. The highest BCUT2D eigenvalue weighted by Crippen LogP contribution is 2.23. The molecule has 1 aliphatic heterocycles. The normalized spacial score (nSPS) is 20.2. The number of benzene rings is 1. The molecular weight excluding hydrogens is 262 g/mol. The van der Waals surface area contributed by atoms with Crippen molar-refractivity contribution < 1.29 is 4.79 Å². The first kappa shape index (κ1) is 14.3. The first-order valence-electron chi connectivity index (χ1n) is 7.84. The van der Waals surface area contributed by atoms with Crippen molar-refractivity contribution >= 4 is 16.8 Å². The van der Waals surface area contributed by atoms with Crippen molar-refractivity contribution in [3.8, 4) is 0 Å². The summed E-state index contributed by atoms with van der Waals surface area (Å²) < 4.78 is 0. The number of ketones is 1. The molecule has 2 aromatic rings. The van der Waals surface area contributed by atoms with Gasteiger partial charge in [-0.15, -0.1) is 0 Å². The van der Waals surface area contributed by atoms with E-state index >= 15 is 0 Å². The Balaban J connectivity index is 1.67. The van der Waals surface area contributed by atoms with Crippen LogP contribution in [0, 0.1) is 5.92 Å². The van der Waals surface area contributed by atoms with Gasteiger partial charge in [0.05, 0.1) is 17.4 Å². The molecule has 1 aromatic heterocycles. The number of imidazole rings is 1. The molecule has 3 rings (SSSR count). The number of hydrogen-bond acceptors (Lipinski definition) is 3. The molecule has 2 heterocycles. The molecule has 21 heavy (non-hydrogen) atoms. The summed E-state index contributed by atoms with van der Waals surface area (Å²) in [6.07, 6.45) is 4.69. The standard InChI is InChI=1S/C17H23N3O/c1-12(2)20-7-3-4-13(10-20)8-17(21)14-5-6-15-16(9-14)19-11-18-15/h5-6,9,11-13H,3-4,7-8,10H2,1-2H3,(H,18,19)/t13-/m0/s1. The lowest BCUT2D eigenvalue weighted by Crippen LogP contribution is -2.40. The highest BCUT2D eigenvalue weighted by molar-refractivity contribution is 5.98. The van der Waals surface area contributed by atoms with Crippen LogP contribution >= 0.6 is 0 Å². The van der Waals surface area contributed by atoms with Crippen LogP contribution in [0.4, 0.5) is 0 Å². The van der Waals surface area contributed by atoms with E-state index in [-0.39, 0.29) is 5.78 Å². The van der Waals surface area contributed by atoms with Gasteiger partial charge in [0, 0.05) is 24.6 Å². The number of aromatic nitrogens is 2. The molecule has 1 saturated heterocycles. The third-order valence-electron chi connectivity index (χ3n) is 4.50. The topological polar surface area (TPSA) is 49.0 Å². The minimum Gasteiger partial charge on any atom is -0.345 e. The van der Waals surface area contributed by atoms with E-state index in [4.69, 9.17) is 0 Å². The summed E-state index contributed by atoms with van der Waals surface area (Å²) in [5.74, 6) is 0.744. The van der Waals surface area contributed by atoms with Gasteiger partial charge in [-0.05, 0) is 57.4 Å². The summed E-state index contributed by atoms with van der Waals surface area (Å²) in [7, 11) is 0. The first-order chi connectivity index (χ1) is 10.1. The van der Waals surface area contributed by atoms with Gasteiger partial charge in [-0.25, -0.2) is 4.98 Å². The number of aromatic amines is 1. The van der Waals surface area contributed by atoms with Crippen LogP contribution < -0.4 is 0 Å². The van der Waals surface area contributed by atoms with E-state index in [0.29, 0.717) is 18.4 Å². The second-order valence-electron chi connectivity index (χ2n) is 6.36. The lowest BCUT2D eigenvalue weighted by Gasteiger charge is -2.35. The summed E-state index contributed by atoms with van der Waals surface area (Å²) >= 11 is 0. The zero-order valence-corrected chi connectivity index (χ0v) is 12.8. The van der Waals surface area contributed by atoms with E-state index < -0.39 is 0 Å². The molecule has 1 aromatic carbocycles. The van der Waals surface area contributed by atoms with Crippen LogP contribution in [-0.2, 0) is 0 Å². The number of carbonyl (C=O) groups is 1. The van der Waals surface area contributed by atoms with Gasteiger partial charge in [-0.2, -0.15) is 0 Å². The lowest BCUT2D eigenvalue weighted by molar-refractivity contribution is 0.0890. The highest BCUT2D eigenvalue weighted by Gasteiger charge is 2.24. The molecule has 0 spiro atoms. The van der Waals surface area contributed by atoms with Crippen LogP contribution in [0.2, 0.25) is 0 Å². The maximum absolute atomic E-state index is 12.5. The number of H-pyrrole nitrogens is 1. The van der Waals surface area contributed by atoms with Gasteiger partial charge >= 0.3 is 0 Å². The molecule has 0 amide bonds. The van der Waals surface area contributed by atoms with Crippen molar-refractivity contribution in [2.75, 3.05) is 13.1 Å². The van der Waals surface area contributed by atoms with Gasteiger partial charge < -0.3 is 9.88 Å². The molecule has 1 N–H and O–H groups in total. The summed E-state index contributed by atoms with van der Waals surface area (Å²) in [5, 5.41) is 0. The fourth-order valence-electron chi connectivity index (χ4n) is 3.22. The quantitative estimate of drug-likeness (QED) is 0.877. The maximum atomic E-state index is 12.5. The second-order valence-corrected chi connectivity index (χ2v) is 6.36. The van der Waals surface area contributed by atoms with Gasteiger partial charge in [0.25, 0.3) is 0 Å². The zero-order chi connectivity index (χ0) is 14.8. The number of piperidine rings is 1. The Hall–Kier alpha value is -1.68. The average Bonchev–Trinajstić information content (AvgIpc) is 2.94. The molecule has 0 radical (unpaired) electrons. The molecule has 0 unspecified atom stereocenters. The van der Waals surface area contributed by atoms with Gasteiger partial charge in [0.2, 0.25) is 0 Å². The van der Waals surface area contributed by atoms with E-state index in [1.165, 1.54) is 19.4 Å². The average molecular weight is 285 g/mol. The van der Waals surface area contributed by atoms with Crippen LogP contribution in [-0.4, -0.2) is 39.8 Å². The van der Waals surface area contributed by atoms with Crippen LogP contribution in [0.25, 0.3) is 11.0 Å². The van der Waals surface area contributed by atoms with E-state index in [0.717, 1.165) is 23.1 Å². The summed E-state index contributed by atoms with van der Waals surface area (Å²) in [5.41, 5.74) is 2.65. The van der Waals surface area contributed by atoms with Gasteiger partial charge in [-0.3, -0.25) is 4.79 Å². The third-order valence-corrected chi connectivity index (χ3v) is 4.50. The van der Waals surface area contributed by atoms with Gasteiger partial charge in [-0.1, -0.05) is 0 Å². The van der Waals surface area contributed by atoms with Crippen LogP contribution in [0.5, 0.6) is 0 Å². The first-order valence-corrected chi connectivity index (χ1v) is 7.84. The molecular formula is C17H23N3O. The number of rotatable bonds is 4. The van der Waals surface area contributed by atoms with Crippen LogP contribution in [0.1, 0.15) is 43.5 Å². The maximum Gasteiger partial charge on any atom is 0.163 e. The Morgan fingerprint density at radius 2 is 2.33 bits per heavy atom. The predicted octanol–water partition coefficient (Wildman–Crippen LogP) is 3.26. The second kappa shape index (κ2) is 5.98. The van der Waals surface area contributed by atoms with Crippen molar-refractivity contribution in [3.05, 3.63) is 30.1 Å². The largest absolute Gasteiger partial charge is 0.345 e. The summed E-state index contributed by atoms with van der Waals surface area (Å²) in [6, 6.07) is 6.31. The van der Waals surface area contributed by atoms with Gasteiger partial charge in [0.1, 0.15) is 0 Å². The molecule has 0 aliphatic carbocycles. The fraction of sp³-hybridized carbons (Fsp3) is 0.529. The van der Waals surface area contributed by atoms with E-state index in [9.17, 15) is 4.79 Å². The number of Topliss-reactive ketones (excluding diaryl/α,β-unsaturated/α-hetero) is 1. The molecule has 4 heteroatoms. The Bertz CT molecular complexity index is 632. The molecule has 1 aliphatic rings. The molecule has 4 nitrogen and oxygen atoms in total. The van der Waals surface area contributed by atoms with E-state index in [1.54, 1.807) is 6.33 Å². The van der Waals surface area contributed by atoms with Crippen molar-refractivity contribution in [2.24, 2.45) is 5.92 Å². The van der Waals surface area contributed by atoms with Gasteiger partial charge in [0.15, 0.2) is 5.78 Å². The molecule has 112 valence electrons. The summed E-state index contributed by atoms with van der Waals surface area (Å²) in [6.45, 7) is 6.69. The SMILES string of the molecule is CC(C)N1CCC[C@@H](CC(=O)c2ccc3nc[nH]c3c2)C1. The van der Waals surface area contributed by atoms with Crippen molar-refractivity contribution in [3.63, 3.8) is 0 Å². The molecule has 1 fully saturated rings. The molecule has 0 bridgehead atoms. The van der Waals surface area contributed by atoms with Crippen LogP contribution in [0.3, 0.4) is 0 Å². The number of fused-ring (bicyclic) bond motifs is 1. The minimum absolute atomic E-state index is 0.252. The third kappa shape index (κ3) is 3.16. The predicted molar refractivity (Wildman–Crippen MR) is 84.5 cm³/mol. The fourth-order valence-corrected chi connectivity index (χ4v) is 3.22. The summed E-state index contributed by atoms with van der Waals surface area (Å²) in [4.78, 5) is 22.2. The Labute approximate surface area is 125 Å². The van der Waals surface area contributed by atoms with Crippen molar-refractivity contribution in [1.82, 2.24) is 14.9 Å². The van der Waals surface area contributed by atoms with E-state index in [1.807, 2.05) is 18.2 Å². The smallest absolute Gasteiger partial charge is 0.163 e. The number of nitrogens with zero attached hydrogens (tertiary/aromatic N) is 2. The number of carbonyl (C=O) groups excluding carboxylic acids is 1. The highest BCUT2D eigenvalue weighted by atomic mass is 16.1. The minimum atomic E-state index is 0.252. The number of nitrogens with one attached hydrogen (secondary N) is 1. The number of likely N-dealkylation sites (tertiary alicyclic amines) is 1. The van der Waals surface area contributed by atoms with Crippen molar-refractivity contribution in [2.45, 2.75) is 39.2 Å². The molecule has 0 saturated carbocycles. The van der Waals surface area contributed by atoms with Crippen LogP contribution in [0.15, 0.2) is 24.5 Å². The van der Waals surface area contributed by atoms with E-state index in [2.05, 4.69) is 28.7 Å². The Morgan fingerprint density at radius 1 is 1.48 bits per heavy atom. The monoisotopic (exact) mass is 285 g/mol. The lowest BCUT2D eigenvalue weighted by atomic mass is 9.90.